The van der Waals surface area contributed by atoms with Crippen molar-refractivity contribution in [1.29, 1.82) is 0 Å². The fourth-order valence-electron chi connectivity index (χ4n) is 2.15. The van der Waals surface area contributed by atoms with Gasteiger partial charge in [-0.2, -0.15) is 0 Å². The van der Waals surface area contributed by atoms with E-state index in [0.29, 0.717) is 11.6 Å². The Morgan fingerprint density at radius 2 is 1.67 bits per heavy atom. The van der Waals surface area contributed by atoms with Crippen LogP contribution in [-0.2, 0) is 5.79 Å². The smallest absolute Gasteiger partial charge is 0.284 e. The lowest BCUT2D eigenvalue weighted by molar-refractivity contribution is -0.350. The molecule has 0 amide bonds. The summed E-state index contributed by atoms with van der Waals surface area (Å²) in [6, 6.07) is 9.77. The number of benzene rings is 1. The summed E-state index contributed by atoms with van der Waals surface area (Å²) in [5, 5.41) is 39.1. The summed E-state index contributed by atoms with van der Waals surface area (Å²) in [7, 11) is 0. The summed E-state index contributed by atoms with van der Waals surface area (Å²) in [5.41, 5.74) is -0.114. The van der Waals surface area contributed by atoms with E-state index in [0.717, 1.165) is 6.08 Å². The monoisotopic (exact) mass is 288 g/mol. The van der Waals surface area contributed by atoms with E-state index >= 15 is 0 Å². The van der Waals surface area contributed by atoms with Crippen molar-refractivity contribution in [2.24, 2.45) is 0 Å². The minimum absolute atomic E-state index is 0.0953. The zero-order chi connectivity index (χ0) is 15.3. The quantitative estimate of drug-likeness (QED) is 0.556. The zero-order valence-corrected chi connectivity index (χ0v) is 10.7. The fourth-order valence-corrected chi connectivity index (χ4v) is 2.15. The van der Waals surface area contributed by atoms with E-state index < -0.39 is 22.8 Å². The Labute approximate surface area is 118 Å². The molecule has 2 aromatic rings. The number of rotatable bonds is 1. The second-order valence-corrected chi connectivity index (χ2v) is 4.82. The SMILES string of the molecule is O=c1cc(-c2ccccc2)oc2c1C=CC(O)(O)C2(O)O. The highest BCUT2D eigenvalue weighted by molar-refractivity contribution is 5.62. The molecule has 6 nitrogen and oxygen atoms in total. The molecule has 0 spiro atoms. The molecule has 0 bridgehead atoms. The van der Waals surface area contributed by atoms with Gasteiger partial charge in [-0.15, -0.1) is 0 Å². The molecule has 0 aliphatic heterocycles. The van der Waals surface area contributed by atoms with Crippen LogP contribution in [0.5, 0.6) is 0 Å². The topological polar surface area (TPSA) is 111 Å². The van der Waals surface area contributed by atoms with Crippen molar-refractivity contribution in [3.05, 3.63) is 64.0 Å². The van der Waals surface area contributed by atoms with Gasteiger partial charge in [-0.1, -0.05) is 30.3 Å². The molecule has 0 fully saturated rings. The zero-order valence-electron chi connectivity index (χ0n) is 10.7. The number of aliphatic hydroxyl groups is 4. The largest absolute Gasteiger partial charge is 0.454 e. The summed E-state index contributed by atoms with van der Waals surface area (Å²) in [4.78, 5) is 12.1. The van der Waals surface area contributed by atoms with Crippen molar-refractivity contribution in [2.45, 2.75) is 11.6 Å². The molecule has 21 heavy (non-hydrogen) atoms. The second-order valence-electron chi connectivity index (χ2n) is 4.82. The molecule has 0 saturated heterocycles. The van der Waals surface area contributed by atoms with Crippen LogP contribution < -0.4 is 5.43 Å². The highest BCUT2D eigenvalue weighted by Crippen LogP contribution is 2.37. The maximum Gasteiger partial charge on any atom is 0.284 e. The first kappa shape index (κ1) is 13.7. The summed E-state index contributed by atoms with van der Waals surface area (Å²) in [5.74, 6) is -6.59. The number of fused-ring (bicyclic) bond motifs is 1. The van der Waals surface area contributed by atoms with Crippen LogP contribution in [0.2, 0.25) is 0 Å². The van der Waals surface area contributed by atoms with Crippen LogP contribution in [0.25, 0.3) is 17.4 Å². The van der Waals surface area contributed by atoms with E-state index in [1.807, 2.05) is 0 Å². The highest BCUT2D eigenvalue weighted by atomic mass is 16.6. The average Bonchev–Trinajstić information content (AvgIpc) is 2.44. The van der Waals surface area contributed by atoms with E-state index in [4.69, 9.17) is 4.42 Å². The Bertz CT molecular complexity index is 770. The summed E-state index contributed by atoms with van der Waals surface area (Å²) < 4.78 is 5.35. The van der Waals surface area contributed by atoms with Gasteiger partial charge in [0.25, 0.3) is 5.79 Å². The molecule has 4 N–H and O–H groups in total. The summed E-state index contributed by atoms with van der Waals surface area (Å²) >= 11 is 0. The third-order valence-corrected chi connectivity index (χ3v) is 3.35. The van der Waals surface area contributed by atoms with E-state index in [2.05, 4.69) is 0 Å². The van der Waals surface area contributed by atoms with Crippen LogP contribution in [0, 0.1) is 0 Å². The van der Waals surface area contributed by atoms with Crippen molar-refractivity contribution < 1.29 is 24.8 Å². The molecule has 0 unspecified atom stereocenters. The predicted octanol–water partition coefficient (Wildman–Crippen LogP) is 0.152. The molecule has 0 atom stereocenters. The van der Waals surface area contributed by atoms with Crippen LogP contribution in [0.4, 0.5) is 0 Å². The van der Waals surface area contributed by atoms with Gasteiger partial charge in [0.1, 0.15) is 5.76 Å². The summed E-state index contributed by atoms with van der Waals surface area (Å²) in [6.07, 6.45) is 1.80. The van der Waals surface area contributed by atoms with Crippen LogP contribution in [0.3, 0.4) is 0 Å². The lowest BCUT2D eigenvalue weighted by Gasteiger charge is -2.34. The van der Waals surface area contributed by atoms with Gasteiger partial charge in [0.15, 0.2) is 11.2 Å². The maximum absolute atomic E-state index is 12.1. The Morgan fingerprint density at radius 3 is 2.33 bits per heavy atom. The standard InChI is InChI=1S/C15H12O6/c16-11-8-12(9-4-2-1-3-5-9)21-13-10(11)6-7-14(17,18)15(13,19)20/h1-8,17-20H. The molecule has 1 aromatic carbocycles. The van der Waals surface area contributed by atoms with Gasteiger partial charge in [-0.05, 0) is 12.2 Å². The van der Waals surface area contributed by atoms with Crippen LogP contribution in [0.15, 0.2) is 51.7 Å². The Kier molecular flexibility index (Phi) is 2.86. The first-order valence-electron chi connectivity index (χ1n) is 6.16. The van der Waals surface area contributed by atoms with E-state index in [1.165, 1.54) is 6.07 Å². The number of hydrogen-bond donors (Lipinski definition) is 4. The third-order valence-electron chi connectivity index (χ3n) is 3.35. The fraction of sp³-hybridized carbons (Fsp3) is 0.133. The van der Waals surface area contributed by atoms with Crippen LogP contribution in [0.1, 0.15) is 11.3 Å². The molecule has 0 radical (unpaired) electrons. The molecule has 0 saturated carbocycles. The van der Waals surface area contributed by atoms with Crippen molar-refractivity contribution in [3.63, 3.8) is 0 Å². The van der Waals surface area contributed by atoms with Crippen LogP contribution in [-0.4, -0.2) is 26.2 Å². The maximum atomic E-state index is 12.1. The van der Waals surface area contributed by atoms with Crippen molar-refractivity contribution in [1.82, 2.24) is 0 Å². The predicted molar refractivity (Wildman–Crippen MR) is 72.7 cm³/mol. The third kappa shape index (κ3) is 2.01. The van der Waals surface area contributed by atoms with Gasteiger partial charge in [0.2, 0.25) is 5.79 Å². The number of hydrogen-bond acceptors (Lipinski definition) is 6. The lowest BCUT2D eigenvalue weighted by Crippen LogP contribution is -2.52. The van der Waals surface area contributed by atoms with E-state index in [9.17, 15) is 25.2 Å². The minimum atomic E-state index is -3.12. The molecular weight excluding hydrogens is 276 g/mol. The molecule has 1 aromatic heterocycles. The van der Waals surface area contributed by atoms with Gasteiger partial charge in [-0.3, -0.25) is 4.79 Å². The van der Waals surface area contributed by atoms with Crippen molar-refractivity contribution in [2.75, 3.05) is 0 Å². The molecule has 3 rings (SSSR count). The molecule has 1 aliphatic rings. The molecular formula is C15H12O6. The summed E-state index contributed by atoms with van der Waals surface area (Å²) in [6.45, 7) is 0. The van der Waals surface area contributed by atoms with Crippen LogP contribution >= 0.6 is 0 Å². The van der Waals surface area contributed by atoms with Gasteiger partial charge >= 0.3 is 0 Å². The van der Waals surface area contributed by atoms with Crippen molar-refractivity contribution in [3.8, 4) is 11.3 Å². The van der Waals surface area contributed by atoms with Gasteiger partial charge in [0, 0.05) is 11.6 Å². The van der Waals surface area contributed by atoms with Gasteiger partial charge < -0.3 is 24.8 Å². The van der Waals surface area contributed by atoms with E-state index in [1.54, 1.807) is 30.3 Å². The molecule has 108 valence electrons. The molecule has 1 aliphatic carbocycles. The second kappa shape index (κ2) is 4.37. The normalized spacial score (nSPS) is 18.3. The van der Waals surface area contributed by atoms with Gasteiger partial charge in [-0.25, -0.2) is 0 Å². The Hall–Kier alpha value is -2.25. The minimum Gasteiger partial charge on any atom is -0.454 e. The molecule has 6 heteroatoms. The van der Waals surface area contributed by atoms with E-state index in [-0.39, 0.29) is 11.3 Å². The van der Waals surface area contributed by atoms with Gasteiger partial charge in [0.05, 0.1) is 5.56 Å². The molecule has 1 heterocycles. The first-order chi connectivity index (χ1) is 9.83. The van der Waals surface area contributed by atoms with Crippen molar-refractivity contribution >= 4 is 6.08 Å². The Morgan fingerprint density at radius 1 is 1.00 bits per heavy atom. The lowest BCUT2D eigenvalue weighted by atomic mass is 9.92. The average molecular weight is 288 g/mol. The Balaban J connectivity index is 2.27. The first-order valence-corrected chi connectivity index (χ1v) is 6.16. The highest BCUT2D eigenvalue weighted by Gasteiger charge is 2.53.